The number of hydrogen-bond donors (Lipinski definition) is 2. The van der Waals surface area contributed by atoms with Crippen molar-refractivity contribution in [3.05, 3.63) is 0 Å². The molecule has 1 fully saturated rings. The lowest BCUT2D eigenvalue weighted by Crippen LogP contribution is -2.45. The van der Waals surface area contributed by atoms with Crippen molar-refractivity contribution in [1.82, 2.24) is 10.3 Å². The molecule has 70 valence electrons. The van der Waals surface area contributed by atoms with E-state index in [0.29, 0.717) is 18.1 Å². The van der Waals surface area contributed by atoms with Crippen LogP contribution in [-0.4, -0.2) is 46.2 Å². The minimum atomic E-state index is -0.682. The van der Waals surface area contributed by atoms with E-state index < -0.39 is 10.8 Å². The molecule has 0 aromatic heterocycles. The molecule has 0 aromatic rings. The lowest BCUT2D eigenvalue weighted by atomic mass is 10.4. The predicted molar refractivity (Wildman–Crippen MR) is 46.6 cm³/mol. The van der Waals surface area contributed by atoms with Gasteiger partial charge >= 0.3 is 0 Å². The molecule has 1 saturated heterocycles. The Labute approximate surface area is 73.7 Å². The van der Waals surface area contributed by atoms with E-state index in [1.165, 1.54) is 0 Å². The van der Waals surface area contributed by atoms with Crippen molar-refractivity contribution in [2.75, 3.05) is 31.1 Å². The zero-order valence-corrected chi connectivity index (χ0v) is 7.60. The monoisotopic (exact) mass is 191 g/mol. The third-order valence-electron chi connectivity index (χ3n) is 1.80. The average molecular weight is 191 g/mol. The Morgan fingerprint density at radius 2 is 2.08 bits per heavy atom. The van der Waals surface area contributed by atoms with Crippen LogP contribution in [-0.2, 0) is 15.6 Å². The highest BCUT2D eigenvalue weighted by atomic mass is 32.2. The second-order valence-electron chi connectivity index (χ2n) is 2.69. The summed E-state index contributed by atoms with van der Waals surface area (Å²) in [4.78, 5) is 12.8. The summed E-state index contributed by atoms with van der Waals surface area (Å²) in [5.74, 6) is 6.07. The van der Waals surface area contributed by atoms with Gasteiger partial charge in [-0.1, -0.05) is 0 Å². The van der Waals surface area contributed by atoms with E-state index in [0.717, 1.165) is 13.1 Å². The molecular formula is C6H13N3O2S. The first-order valence-corrected chi connectivity index (χ1v) is 5.28. The Kier molecular flexibility index (Phi) is 3.64. The molecule has 0 aromatic carbocycles. The van der Waals surface area contributed by atoms with Crippen molar-refractivity contribution in [3.63, 3.8) is 0 Å². The van der Waals surface area contributed by atoms with Crippen molar-refractivity contribution in [3.8, 4) is 0 Å². The van der Waals surface area contributed by atoms with Crippen molar-refractivity contribution in [2.24, 2.45) is 5.84 Å². The van der Waals surface area contributed by atoms with Gasteiger partial charge in [-0.15, -0.1) is 0 Å². The lowest BCUT2D eigenvalue weighted by Gasteiger charge is -2.24. The maximum absolute atomic E-state index is 10.9. The first kappa shape index (κ1) is 9.63. The minimum absolute atomic E-state index is 0.192. The number of amides is 1. The molecule has 1 aliphatic rings. The van der Waals surface area contributed by atoms with Gasteiger partial charge in [0.05, 0.1) is 6.54 Å². The second kappa shape index (κ2) is 4.54. The van der Waals surface area contributed by atoms with Crippen LogP contribution in [0.3, 0.4) is 0 Å². The molecule has 1 aliphatic heterocycles. The van der Waals surface area contributed by atoms with Crippen molar-refractivity contribution < 1.29 is 9.00 Å². The molecule has 1 amide bonds. The quantitative estimate of drug-likeness (QED) is 0.302. The molecule has 1 heterocycles. The van der Waals surface area contributed by atoms with Crippen LogP contribution in [0.4, 0.5) is 0 Å². The molecule has 1 rings (SSSR count). The van der Waals surface area contributed by atoms with Gasteiger partial charge in [-0.25, -0.2) is 5.84 Å². The number of nitrogens with one attached hydrogen (secondary N) is 1. The van der Waals surface area contributed by atoms with E-state index in [4.69, 9.17) is 5.84 Å². The number of nitrogens with two attached hydrogens (primary N) is 1. The fourth-order valence-electron chi connectivity index (χ4n) is 1.08. The lowest BCUT2D eigenvalue weighted by molar-refractivity contribution is -0.122. The van der Waals surface area contributed by atoms with E-state index >= 15 is 0 Å². The summed E-state index contributed by atoms with van der Waals surface area (Å²) in [6.07, 6.45) is 0. The number of hydrazine groups is 1. The zero-order valence-electron chi connectivity index (χ0n) is 6.78. The third-order valence-corrected chi connectivity index (χ3v) is 3.07. The smallest absolute Gasteiger partial charge is 0.248 e. The average Bonchev–Trinajstić information content (AvgIpc) is 2.09. The molecule has 5 nitrogen and oxygen atoms in total. The van der Waals surface area contributed by atoms with E-state index in [1.807, 2.05) is 4.90 Å². The minimum Gasteiger partial charge on any atom is -0.293 e. The number of rotatable bonds is 2. The van der Waals surface area contributed by atoms with Gasteiger partial charge in [-0.05, 0) is 0 Å². The molecule has 0 unspecified atom stereocenters. The van der Waals surface area contributed by atoms with Gasteiger partial charge in [0.25, 0.3) is 0 Å². The van der Waals surface area contributed by atoms with Gasteiger partial charge < -0.3 is 0 Å². The van der Waals surface area contributed by atoms with Crippen LogP contribution in [0, 0.1) is 0 Å². The molecule has 0 saturated carbocycles. The topological polar surface area (TPSA) is 75.4 Å². The SMILES string of the molecule is NNC(=O)CN1CCS(=O)CC1. The van der Waals surface area contributed by atoms with Crippen LogP contribution in [0.25, 0.3) is 0 Å². The fraction of sp³-hybridized carbons (Fsp3) is 0.833. The largest absolute Gasteiger partial charge is 0.293 e. The van der Waals surface area contributed by atoms with Gasteiger partial charge in [-0.2, -0.15) is 0 Å². The molecule has 0 spiro atoms. The predicted octanol–water partition coefficient (Wildman–Crippen LogP) is -1.96. The summed E-state index contributed by atoms with van der Waals surface area (Å²) in [6.45, 7) is 1.76. The van der Waals surface area contributed by atoms with Crippen molar-refractivity contribution in [1.29, 1.82) is 0 Å². The molecule has 0 bridgehead atoms. The van der Waals surface area contributed by atoms with Crippen LogP contribution in [0.2, 0.25) is 0 Å². The molecule has 0 aliphatic carbocycles. The van der Waals surface area contributed by atoms with Gasteiger partial charge in [-0.3, -0.25) is 19.3 Å². The van der Waals surface area contributed by atoms with Crippen LogP contribution in [0.15, 0.2) is 0 Å². The number of carbonyl (C=O) groups excluding carboxylic acids is 1. The summed E-state index contributed by atoms with van der Waals surface area (Å²) < 4.78 is 10.9. The Hall–Kier alpha value is -0.460. The molecule has 0 radical (unpaired) electrons. The summed E-state index contributed by atoms with van der Waals surface area (Å²) in [5.41, 5.74) is 2.07. The Bertz CT molecular complexity index is 187. The van der Waals surface area contributed by atoms with Crippen molar-refractivity contribution in [2.45, 2.75) is 0 Å². The summed E-state index contributed by atoms with van der Waals surface area (Å²) in [6, 6.07) is 0. The maximum Gasteiger partial charge on any atom is 0.248 e. The Morgan fingerprint density at radius 1 is 1.50 bits per heavy atom. The summed E-state index contributed by atoms with van der Waals surface area (Å²) in [7, 11) is -0.682. The number of nitrogens with zero attached hydrogens (tertiary/aromatic N) is 1. The molecule has 0 atom stereocenters. The standard InChI is InChI=1S/C6H13N3O2S/c7-8-6(10)5-9-1-3-12(11)4-2-9/h1-5,7H2,(H,8,10). The van der Waals surface area contributed by atoms with Gasteiger partial charge in [0, 0.05) is 35.4 Å². The Balaban J connectivity index is 2.26. The molecular weight excluding hydrogens is 178 g/mol. The van der Waals surface area contributed by atoms with Gasteiger partial charge in [0.1, 0.15) is 0 Å². The second-order valence-corrected chi connectivity index (χ2v) is 4.39. The molecule has 12 heavy (non-hydrogen) atoms. The van der Waals surface area contributed by atoms with E-state index in [2.05, 4.69) is 5.43 Å². The first-order chi connectivity index (χ1) is 5.72. The highest BCUT2D eigenvalue weighted by Crippen LogP contribution is 1.98. The highest BCUT2D eigenvalue weighted by Gasteiger charge is 2.16. The van der Waals surface area contributed by atoms with Crippen LogP contribution in [0.5, 0.6) is 0 Å². The van der Waals surface area contributed by atoms with Crippen molar-refractivity contribution >= 4 is 16.7 Å². The normalized spacial score (nSPS) is 20.8. The maximum atomic E-state index is 10.9. The van der Waals surface area contributed by atoms with Gasteiger partial charge in [0.2, 0.25) is 5.91 Å². The summed E-state index contributed by atoms with van der Waals surface area (Å²) in [5, 5.41) is 0. The summed E-state index contributed by atoms with van der Waals surface area (Å²) >= 11 is 0. The highest BCUT2D eigenvalue weighted by molar-refractivity contribution is 7.85. The Morgan fingerprint density at radius 3 is 2.58 bits per heavy atom. The fourth-order valence-corrected chi connectivity index (χ4v) is 2.21. The van der Waals surface area contributed by atoms with E-state index in [9.17, 15) is 9.00 Å². The van der Waals surface area contributed by atoms with Crippen LogP contribution < -0.4 is 11.3 Å². The van der Waals surface area contributed by atoms with Gasteiger partial charge in [0.15, 0.2) is 0 Å². The molecule has 6 heteroatoms. The number of carbonyl (C=O) groups is 1. The molecule has 3 N–H and O–H groups in total. The first-order valence-electron chi connectivity index (χ1n) is 3.79. The van der Waals surface area contributed by atoms with E-state index in [-0.39, 0.29) is 5.91 Å². The zero-order chi connectivity index (χ0) is 8.97. The number of hydrogen-bond acceptors (Lipinski definition) is 4. The van der Waals surface area contributed by atoms with E-state index in [1.54, 1.807) is 0 Å². The third kappa shape index (κ3) is 2.88. The van der Waals surface area contributed by atoms with Crippen LogP contribution >= 0.6 is 0 Å². The van der Waals surface area contributed by atoms with Crippen LogP contribution in [0.1, 0.15) is 0 Å².